The maximum atomic E-state index is 14.1. The molecule has 204 valence electrons. The molecular formula is C28H30FN5O4S. The molecule has 2 aliphatic heterocycles. The summed E-state index contributed by atoms with van der Waals surface area (Å²) >= 11 is 0. The van der Waals surface area contributed by atoms with Crippen LogP contribution in [0.1, 0.15) is 49.5 Å². The van der Waals surface area contributed by atoms with Crippen molar-refractivity contribution in [2.45, 2.75) is 50.0 Å². The Balaban J connectivity index is 1.63. The SMILES string of the molecule is CC(=O)N1CCC2(CC1)c1cc(NC(=O)c3cncnc3)ccc1N(S(=O)(=O)c1ccc(F)cc1)C2C(C)C. The van der Waals surface area contributed by atoms with Crippen LogP contribution in [0.25, 0.3) is 0 Å². The number of amides is 2. The molecule has 0 bridgehead atoms. The maximum absolute atomic E-state index is 14.1. The second-order valence-electron chi connectivity index (χ2n) is 10.4. The maximum Gasteiger partial charge on any atom is 0.264 e. The number of aromatic nitrogens is 2. The minimum absolute atomic E-state index is 0.000166. The first kappa shape index (κ1) is 26.7. The highest BCUT2D eigenvalue weighted by molar-refractivity contribution is 7.92. The van der Waals surface area contributed by atoms with Gasteiger partial charge in [0.15, 0.2) is 0 Å². The third-order valence-electron chi connectivity index (χ3n) is 7.77. The summed E-state index contributed by atoms with van der Waals surface area (Å²) in [5.41, 5.74) is 1.54. The van der Waals surface area contributed by atoms with Crippen LogP contribution in [0.2, 0.25) is 0 Å². The Morgan fingerprint density at radius 3 is 2.28 bits per heavy atom. The van der Waals surface area contributed by atoms with Crippen molar-refractivity contribution >= 4 is 33.2 Å². The van der Waals surface area contributed by atoms with E-state index in [9.17, 15) is 22.4 Å². The van der Waals surface area contributed by atoms with Crippen molar-refractivity contribution in [3.05, 3.63) is 78.1 Å². The molecule has 1 spiro atoms. The highest BCUT2D eigenvalue weighted by atomic mass is 32.2. The van der Waals surface area contributed by atoms with Crippen molar-refractivity contribution in [2.75, 3.05) is 22.7 Å². The van der Waals surface area contributed by atoms with Crippen LogP contribution in [0, 0.1) is 11.7 Å². The third-order valence-corrected chi connectivity index (χ3v) is 9.58. The van der Waals surface area contributed by atoms with E-state index in [2.05, 4.69) is 15.3 Å². The number of halogens is 1. The van der Waals surface area contributed by atoms with E-state index in [4.69, 9.17) is 0 Å². The molecule has 1 saturated heterocycles. The van der Waals surface area contributed by atoms with Crippen molar-refractivity contribution in [3.8, 4) is 0 Å². The molecule has 0 radical (unpaired) electrons. The Morgan fingerprint density at radius 2 is 1.69 bits per heavy atom. The molecule has 3 aromatic rings. The average molecular weight is 552 g/mol. The molecule has 11 heteroatoms. The fraction of sp³-hybridized carbons (Fsp3) is 0.357. The molecule has 3 heterocycles. The van der Waals surface area contributed by atoms with Crippen molar-refractivity contribution in [1.82, 2.24) is 14.9 Å². The van der Waals surface area contributed by atoms with Gasteiger partial charge in [-0.15, -0.1) is 0 Å². The van der Waals surface area contributed by atoms with Crippen LogP contribution >= 0.6 is 0 Å². The smallest absolute Gasteiger partial charge is 0.264 e. The van der Waals surface area contributed by atoms with Gasteiger partial charge in [0.2, 0.25) is 5.91 Å². The van der Waals surface area contributed by atoms with Crippen LogP contribution in [-0.4, -0.2) is 54.2 Å². The molecule has 39 heavy (non-hydrogen) atoms. The lowest BCUT2D eigenvalue weighted by Gasteiger charge is -2.46. The first-order chi connectivity index (χ1) is 18.5. The number of benzene rings is 2. The molecule has 1 fully saturated rings. The summed E-state index contributed by atoms with van der Waals surface area (Å²) in [4.78, 5) is 34.5. The molecule has 0 saturated carbocycles. The first-order valence-electron chi connectivity index (χ1n) is 12.8. The number of fused-ring (bicyclic) bond motifs is 2. The van der Waals surface area contributed by atoms with Crippen LogP contribution in [0.15, 0.2) is 66.1 Å². The monoisotopic (exact) mass is 551 g/mol. The van der Waals surface area contributed by atoms with Gasteiger partial charge in [-0.25, -0.2) is 22.8 Å². The summed E-state index contributed by atoms with van der Waals surface area (Å²) in [6, 6.07) is 9.62. The number of hydrogen-bond acceptors (Lipinski definition) is 6. The molecule has 9 nitrogen and oxygen atoms in total. The lowest BCUT2D eigenvalue weighted by Crippen LogP contribution is -2.55. The number of nitrogens with zero attached hydrogens (tertiary/aromatic N) is 4. The number of hydrogen-bond donors (Lipinski definition) is 1. The molecular weight excluding hydrogens is 521 g/mol. The van der Waals surface area contributed by atoms with Crippen LogP contribution in [0.5, 0.6) is 0 Å². The standard InChI is InChI=1S/C28H30FN5O4S/c1-18(2)26-28(10-12-33(13-11-28)19(3)35)24-14-22(32-27(36)20-15-30-17-31-16-20)6-9-25(24)34(26)39(37,38)23-7-4-21(29)5-8-23/h4-9,14-18,26H,10-13H2,1-3H3,(H,32,36). The Kier molecular flexibility index (Phi) is 6.88. The number of nitrogens with one attached hydrogen (secondary N) is 1. The number of anilines is 2. The lowest BCUT2D eigenvalue weighted by atomic mass is 9.66. The van der Waals surface area contributed by atoms with Gasteiger partial charge >= 0.3 is 0 Å². The van der Waals surface area contributed by atoms with Crippen molar-refractivity contribution in [2.24, 2.45) is 5.92 Å². The van der Waals surface area contributed by atoms with E-state index in [1.165, 1.54) is 42.1 Å². The minimum Gasteiger partial charge on any atom is -0.343 e. The Hall–Kier alpha value is -3.86. The average Bonchev–Trinajstić information content (AvgIpc) is 3.20. The first-order valence-corrected chi connectivity index (χ1v) is 14.2. The van der Waals surface area contributed by atoms with E-state index in [1.54, 1.807) is 17.0 Å². The number of carbonyl (C=O) groups excluding carboxylic acids is 2. The predicted molar refractivity (Wildman–Crippen MR) is 144 cm³/mol. The van der Waals surface area contributed by atoms with E-state index >= 15 is 0 Å². The summed E-state index contributed by atoms with van der Waals surface area (Å²) in [5.74, 6) is -1.01. The summed E-state index contributed by atoms with van der Waals surface area (Å²) in [7, 11) is -4.06. The number of likely N-dealkylation sites (tertiary alicyclic amines) is 1. The van der Waals surface area contributed by atoms with Gasteiger partial charge in [0.25, 0.3) is 15.9 Å². The third kappa shape index (κ3) is 4.64. The predicted octanol–water partition coefficient (Wildman–Crippen LogP) is 3.98. The Labute approximate surface area is 227 Å². The highest BCUT2D eigenvalue weighted by Gasteiger charge is 2.56. The van der Waals surface area contributed by atoms with E-state index < -0.39 is 27.3 Å². The van der Waals surface area contributed by atoms with Crippen LogP contribution in [-0.2, 0) is 20.2 Å². The molecule has 1 N–H and O–H groups in total. The number of rotatable bonds is 5. The van der Waals surface area contributed by atoms with Crippen LogP contribution in [0.3, 0.4) is 0 Å². The molecule has 2 amide bonds. The summed E-state index contributed by atoms with van der Waals surface area (Å²) in [6.07, 6.45) is 5.29. The lowest BCUT2D eigenvalue weighted by molar-refractivity contribution is -0.130. The normalized spacial score (nSPS) is 18.3. The minimum atomic E-state index is -4.06. The Bertz CT molecular complexity index is 1500. The highest BCUT2D eigenvalue weighted by Crippen LogP contribution is 2.55. The summed E-state index contributed by atoms with van der Waals surface area (Å²) < 4.78 is 43.4. The number of sulfonamides is 1. The fourth-order valence-corrected chi connectivity index (χ4v) is 7.92. The van der Waals surface area contributed by atoms with Crippen LogP contribution < -0.4 is 9.62 Å². The van der Waals surface area contributed by atoms with Gasteiger partial charge in [0, 0.05) is 43.5 Å². The quantitative estimate of drug-likeness (QED) is 0.513. The molecule has 0 aliphatic carbocycles. The zero-order valence-corrected chi connectivity index (χ0v) is 22.8. The fourth-order valence-electron chi connectivity index (χ4n) is 6.05. The van der Waals surface area contributed by atoms with Crippen molar-refractivity contribution in [1.29, 1.82) is 0 Å². The molecule has 5 rings (SSSR count). The van der Waals surface area contributed by atoms with Gasteiger partial charge < -0.3 is 10.2 Å². The van der Waals surface area contributed by atoms with Gasteiger partial charge in [-0.05, 0) is 66.8 Å². The molecule has 2 aliphatic rings. The van der Waals surface area contributed by atoms with E-state index in [-0.39, 0.29) is 22.6 Å². The molecule has 1 unspecified atom stereocenters. The van der Waals surface area contributed by atoms with Gasteiger partial charge in [-0.1, -0.05) is 13.8 Å². The van der Waals surface area contributed by atoms with E-state index in [1.807, 2.05) is 19.9 Å². The van der Waals surface area contributed by atoms with E-state index in [0.717, 1.165) is 17.7 Å². The van der Waals surface area contributed by atoms with Gasteiger partial charge in [-0.2, -0.15) is 0 Å². The largest absolute Gasteiger partial charge is 0.343 e. The Morgan fingerprint density at radius 1 is 1.05 bits per heavy atom. The second kappa shape index (κ2) is 10.0. The van der Waals surface area contributed by atoms with E-state index in [0.29, 0.717) is 42.9 Å². The van der Waals surface area contributed by atoms with Crippen LogP contribution in [0.4, 0.5) is 15.8 Å². The topological polar surface area (TPSA) is 113 Å². The molecule has 1 aromatic heterocycles. The van der Waals surface area contributed by atoms with Gasteiger partial charge in [0.05, 0.1) is 22.2 Å². The molecule has 2 aromatic carbocycles. The summed E-state index contributed by atoms with van der Waals surface area (Å²) in [6.45, 7) is 6.48. The number of carbonyl (C=O) groups is 2. The zero-order valence-electron chi connectivity index (χ0n) is 22.0. The number of piperidine rings is 1. The van der Waals surface area contributed by atoms with Gasteiger partial charge in [0.1, 0.15) is 12.1 Å². The second-order valence-corrected chi connectivity index (χ2v) is 12.2. The van der Waals surface area contributed by atoms with Crippen molar-refractivity contribution < 1.29 is 22.4 Å². The van der Waals surface area contributed by atoms with Gasteiger partial charge in [-0.3, -0.25) is 13.9 Å². The summed E-state index contributed by atoms with van der Waals surface area (Å²) in [5, 5.41) is 2.88. The molecule has 1 atom stereocenters. The van der Waals surface area contributed by atoms with Crippen molar-refractivity contribution in [3.63, 3.8) is 0 Å². The zero-order chi connectivity index (χ0) is 27.9.